The maximum Gasteiger partial charge on any atom is 0.338 e. The van der Waals surface area contributed by atoms with Gasteiger partial charge in [0.1, 0.15) is 11.7 Å². The summed E-state index contributed by atoms with van der Waals surface area (Å²) in [5.41, 5.74) is 3.81. The molecule has 8 nitrogen and oxygen atoms in total. The van der Waals surface area contributed by atoms with Crippen LogP contribution in [0.5, 0.6) is 0 Å². The van der Waals surface area contributed by atoms with Crippen molar-refractivity contribution in [3.63, 3.8) is 0 Å². The number of rotatable bonds is 6. The van der Waals surface area contributed by atoms with Crippen molar-refractivity contribution in [1.82, 2.24) is 15.6 Å². The van der Waals surface area contributed by atoms with E-state index in [-0.39, 0.29) is 23.2 Å². The Labute approximate surface area is 181 Å². The summed E-state index contributed by atoms with van der Waals surface area (Å²) in [7, 11) is 4.45. The molecular weight excluding hydrogens is 408 g/mol. The number of carbonyl (C=O) groups is 3. The molecule has 0 radical (unpaired) electrons. The molecule has 30 heavy (non-hydrogen) atoms. The predicted octanol–water partition coefficient (Wildman–Crippen LogP) is 2.00. The molecular formula is C21H27ClN4O4. The van der Waals surface area contributed by atoms with Crippen LogP contribution in [0.4, 0.5) is 5.69 Å². The number of esters is 1. The first-order valence-corrected chi connectivity index (χ1v) is 10.4. The zero-order valence-electron chi connectivity index (χ0n) is 17.4. The van der Waals surface area contributed by atoms with E-state index in [0.29, 0.717) is 5.02 Å². The van der Waals surface area contributed by atoms with Gasteiger partial charge in [-0.25, -0.2) is 4.79 Å². The summed E-state index contributed by atoms with van der Waals surface area (Å²) >= 11 is 5.95. The molecule has 0 saturated heterocycles. The van der Waals surface area contributed by atoms with E-state index in [2.05, 4.69) is 10.7 Å². The van der Waals surface area contributed by atoms with Gasteiger partial charge in [0.15, 0.2) is 0 Å². The number of likely N-dealkylation sites (N-methyl/N-ethyl adjacent to an activating group) is 1. The SMILES string of the molecule is CNC(=O)[C@H]1C(C(=O)OC)=C(NN(C)c2ccc(Cl)cc2)C(=O)N1C1CCCCC1. The number of ether oxygens (including phenoxy) is 1. The number of anilines is 1. The maximum atomic E-state index is 13.5. The van der Waals surface area contributed by atoms with Crippen molar-refractivity contribution in [2.24, 2.45) is 0 Å². The van der Waals surface area contributed by atoms with Gasteiger partial charge in [-0.3, -0.25) is 20.0 Å². The maximum absolute atomic E-state index is 13.5. The molecule has 1 aliphatic carbocycles. The van der Waals surface area contributed by atoms with Gasteiger partial charge in [0.2, 0.25) is 5.91 Å². The summed E-state index contributed by atoms with van der Waals surface area (Å²) in [5.74, 6) is -1.50. The quantitative estimate of drug-likeness (QED) is 0.525. The topological polar surface area (TPSA) is 91.0 Å². The first kappa shape index (κ1) is 22.0. The van der Waals surface area contributed by atoms with Crippen LogP contribution in [-0.2, 0) is 19.1 Å². The van der Waals surface area contributed by atoms with Crippen LogP contribution >= 0.6 is 11.6 Å². The molecule has 1 aromatic rings. The Bertz CT molecular complexity index is 849. The lowest BCUT2D eigenvalue weighted by Crippen LogP contribution is -2.52. The number of nitrogens with zero attached hydrogens (tertiary/aromatic N) is 2. The Morgan fingerprint density at radius 1 is 1.17 bits per heavy atom. The van der Waals surface area contributed by atoms with Crippen molar-refractivity contribution < 1.29 is 19.1 Å². The lowest BCUT2D eigenvalue weighted by atomic mass is 9.93. The minimum Gasteiger partial charge on any atom is -0.466 e. The van der Waals surface area contributed by atoms with Crippen LogP contribution in [0.15, 0.2) is 35.5 Å². The first-order valence-electron chi connectivity index (χ1n) is 10.0. The number of hydrogen-bond acceptors (Lipinski definition) is 6. The van der Waals surface area contributed by atoms with Crippen molar-refractivity contribution in [1.29, 1.82) is 0 Å². The number of methoxy groups -OCH3 is 1. The van der Waals surface area contributed by atoms with E-state index >= 15 is 0 Å². The number of halogens is 1. The lowest BCUT2D eigenvalue weighted by Gasteiger charge is -2.35. The van der Waals surface area contributed by atoms with Crippen LogP contribution < -0.4 is 15.8 Å². The minimum atomic E-state index is -1.03. The van der Waals surface area contributed by atoms with Crippen molar-refractivity contribution in [2.45, 2.75) is 44.2 Å². The second-order valence-electron chi connectivity index (χ2n) is 7.45. The second-order valence-corrected chi connectivity index (χ2v) is 7.88. The van der Waals surface area contributed by atoms with E-state index in [1.807, 2.05) is 0 Å². The van der Waals surface area contributed by atoms with Crippen LogP contribution in [0.3, 0.4) is 0 Å². The van der Waals surface area contributed by atoms with Gasteiger partial charge in [-0.2, -0.15) is 0 Å². The number of hydrogen-bond donors (Lipinski definition) is 2. The molecule has 1 atom stereocenters. The summed E-state index contributed by atoms with van der Waals surface area (Å²) in [4.78, 5) is 40.5. The third-order valence-corrected chi connectivity index (χ3v) is 5.88. The molecule has 1 aliphatic heterocycles. The minimum absolute atomic E-state index is 0.0215. The van der Waals surface area contributed by atoms with Gasteiger partial charge in [0.05, 0.1) is 18.4 Å². The average Bonchev–Trinajstić information content (AvgIpc) is 3.05. The molecule has 1 fully saturated rings. The number of nitrogens with one attached hydrogen (secondary N) is 2. The third-order valence-electron chi connectivity index (χ3n) is 5.63. The molecule has 1 saturated carbocycles. The number of carbonyl (C=O) groups excluding carboxylic acids is 3. The van der Waals surface area contributed by atoms with Crippen molar-refractivity contribution >= 4 is 35.1 Å². The Morgan fingerprint density at radius 2 is 1.80 bits per heavy atom. The highest BCUT2D eigenvalue weighted by molar-refractivity contribution is 6.30. The zero-order chi connectivity index (χ0) is 21.8. The Kier molecular flexibility index (Phi) is 6.87. The molecule has 1 aromatic carbocycles. The molecule has 2 amide bonds. The van der Waals surface area contributed by atoms with Gasteiger partial charge < -0.3 is 15.0 Å². The lowest BCUT2D eigenvalue weighted by molar-refractivity contribution is -0.140. The summed E-state index contributed by atoms with van der Waals surface area (Å²) in [5, 5.41) is 4.78. The fourth-order valence-corrected chi connectivity index (χ4v) is 4.22. The van der Waals surface area contributed by atoms with Crippen LogP contribution in [-0.4, -0.2) is 56.0 Å². The van der Waals surface area contributed by atoms with Gasteiger partial charge in [-0.1, -0.05) is 30.9 Å². The predicted molar refractivity (Wildman–Crippen MR) is 114 cm³/mol. The monoisotopic (exact) mass is 434 g/mol. The largest absolute Gasteiger partial charge is 0.466 e. The van der Waals surface area contributed by atoms with E-state index in [9.17, 15) is 14.4 Å². The molecule has 0 spiro atoms. The fourth-order valence-electron chi connectivity index (χ4n) is 4.10. The molecule has 2 N–H and O–H groups in total. The summed E-state index contributed by atoms with van der Waals surface area (Å²) in [6.07, 6.45) is 4.67. The number of hydrazine groups is 1. The Hall–Kier alpha value is -2.74. The zero-order valence-corrected chi connectivity index (χ0v) is 18.2. The van der Waals surface area contributed by atoms with E-state index in [4.69, 9.17) is 16.3 Å². The molecule has 0 bridgehead atoms. The van der Waals surface area contributed by atoms with Gasteiger partial charge in [0.25, 0.3) is 5.91 Å². The molecule has 162 valence electrons. The van der Waals surface area contributed by atoms with Gasteiger partial charge >= 0.3 is 5.97 Å². The average molecular weight is 435 g/mol. The van der Waals surface area contributed by atoms with Gasteiger partial charge in [-0.15, -0.1) is 0 Å². The van der Waals surface area contributed by atoms with Crippen molar-refractivity contribution in [2.75, 3.05) is 26.2 Å². The fraction of sp³-hybridized carbons (Fsp3) is 0.476. The van der Waals surface area contributed by atoms with Crippen LogP contribution in [0, 0.1) is 0 Å². The van der Waals surface area contributed by atoms with E-state index in [1.165, 1.54) is 14.2 Å². The molecule has 2 aliphatic rings. The highest BCUT2D eigenvalue weighted by Gasteiger charge is 2.49. The summed E-state index contributed by atoms with van der Waals surface area (Å²) < 4.78 is 4.94. The summed E-state index contributed by atoms with van der Waals surface area (Å²) in [6.45, 7) is 0. The van der Waals surface area contributed by atoms with Gasteiger partial charge in [-0.05, 0) is 37.1 Å². The summed E-state index contributed by atoms with van der Waals surface area (Å²) in [6, 6.07) is 5.88. The Balaban J connectivity index is 2.00. The smallest absolute Gasteiger partial charge is 0.338 e. The Morgan fingerprint density at radius 3 is 2.37 bits per heavy atom. The van der Waals surface area contributed by atoms with E-state index in [0.717, 1.165) is 37.8 Å². The first-order chi connectivity index (χ1) is 14.4. The molecule has 3 rings (SSSR count). The van der Waals surface area contributed by atoms with Crippen LogP contribution in [0.25, 0.3) is 0 Å². The number of benzene rings is 1. The molecule has 1 heterocycles. The van der Waals surface area contributed by atoms with Crippen LogP contribution in [0.2, 0.25) is 5.02 Å². The highest BCUT2D eigenvalue weighted by atomic mass is 35.5. The van der Waals surface area contributed by atoms with Crippen molar-refractivity contribution in [3.05, 3.63) is 40.6 Å². The van der Waals surface area contributed by atoms with Gasteiger partial charge in [0, 0.05) is 25.2 Å². The van der Waals surface area contributed by atoms with E-state index < -0.39 is 17.9 Å². The second kappa shape index (κ2) is 9.38. The third kappa shape index (κ3) is 4.23. The van der Waals surface area contributed by atoms with Crippen LogP contribution in [0.1, 0.15) is 32.1 Å². The normalized spacial score (nSPS) is 19.7. The molecule has 0 unspecified atom stereocenters. The number of amides is 2. The highest BCUT2D eigenvalue weighted by Crippen LogP contribution is 2.34. The van der Waals surface area contributed by atoms with Crippen molar-refractivity contribution in [3.8, 4) is 0 Å². The molecule has 0 aromatic heterocycles. The molecule has 9 heteroatoms. The van der Waals surface area contributed by atoms with E-state index in [1.54, 1.807) is 41.2 Å². The standard InChI is InChI=1S/C21H27ClN4O4/c1-23-19(27)18-16(21(29)30-3)17(20(28)26(18)15-7-5-4-6-8-15)24-25(2)14-11-9-13(22)10-12-14/h9-12,15,18,24H,4-8H2,1-3H3,(H,23,27)/t18-/m1/s1.